The van der Waals surface area contributed by atoms with Crippen molar-refractivity contribution in [3.05, 3.63) is 155 Å². The molecule has 0 saturated carbocycles. The lowest BCUT2D eigenvalue weighted by molar-refractivity contribution is 0.111. The second-order valence-electron chi connectivity index (χ2n) is 8.99. The van der Waals surface area contributed by atoms with E-state index in [4.69, 9.17) is 0 Å². The fraction of sp³-hybridized carbons (Fsp3) is 0. The minimum atomic E-state index is 0.662. The van der Waals surface area contributed by atoms with E-state index in [1.807, 2.05) is 60.7 Å². The summed E-state index contributed by atoms with van der Waals surface area (Å²) in [5, 5.41) is 0. The Kier molecular flexibility index (Phi) is 7.62. The minimum absolute atomic E-state index is 0.662. The van der Waals surface area contributed by atoms with Crippen LogP contribution in [0, 0.1) is 0 Å². The third kappa shape index (κ3) is 5.83. The average Bonchev–Trinajstić information content (AvgIpc) is 3.00. The summed E-state index contributed by atoms with van der Waals surface area (Å²) in [4.78, 5) is 22.1. The summed E-state index contributed by atoms with van der Waals surface area (Å²) in [5.41, 5.74) is 10.1. The first-order valence-corrected chi connectivity index (χ1v) is 12.5. The predicted molar refractivity (Wildman–Crippen MR) is 159 cm³/mol. The lowest BCUT2D eigenvalue weighted by Crippen LogP contribution is -1.91. The molecular formula is C36H26O2. The molecule has 0 atom stereocenters. The summed E-state index contributed by atoms with van der Waals surface area (Å²) in [6, 6.07) is 40.4. The van der Waals surface area contributed by atoms with Crippen molar-refractivity contribution < 1.29 is 9.59 Å². The summed E-state index contributed by atoms with van der Waals surface area (Å²) < 4.78 is 0. The molecular weight excluding hydrogens is 464 g/mol. The minimum Gasteiger partial charge on any atom is -0.298 e. The predicted octanol–water partition coefficient (Wildman–Crippen LogP) is 8.99. The zero-order chi connectivity index (χ0) is 26.2. The molecule has 0 aliphatic carbocycles. The van der Waals surface area contributed by atoms with Gasteiger partial charge in [0.15, 0.2) is 0 Å². The molecule has 5 rings (SSSR count). The molecule has 0 spiro atoms. The van der Waals surface area contributed by atoms with Crippen LogP contribution in [0.1, 0.15) is 43.0 Å². The molecule has 0 N–H and O–H groups in total. The second-order valence-corrected chi connectivity index (χ2v) is 8.99. The molecule has 182 valence electrons. The summed E-state index contributed by atoms with van der Waals surface area (Å²) in [6.45, 7) is 0. The van der Waals surface area contributed by atoms with Crippen molar-refractivity contribution in [2.75, 3.05) is 0 Å². The second kappa shape index (κ2) is 11.8. The molecule has 0 aromatic heterocycles. The summed E-state index contributed by atoms with van der Waals surface area (Å²) >= 11 is 0. The Morgan fingerprint density at radius 1 is 0.368 bits per heavy atom. The molecule has 38 heavy (non-hydrogen) atoms. The SMILES string of the molecule is O=Cc1ccc(C=Cc2cc(-c3ccccc3)c(C=Cc3ccc(C=O)cc3)cc2-c2ccccc2)cc1. The fourth-order valence-corrected chi connectivity index (χ4v) is 4.39. The van der Waals surface area contributed by atoms with Crippen LogP contribution in [0.2, 0.25) is 0 Å². The smallest absolute Gasteiger partial charge is 0.150 e. The first kappa shape index (κ1) is 24.6. The highest BCUT2D eigenvalue weighted by molar-refractivity contribution is 5.90. The largest absolute Gasteiger partial charge is 0.298 e. The maximum atomic E-state index is 11.0. The zero-order valence-electron chi connectivity index (χ0n) is 20.8. The van der Waals surface area contributed by atoms with Crippen LogP contribution < -0.4 is 0 Å². The number of rotatable bonds is 8. The maximum Gasteiger partial charge on any atom is 0.150 e. The Hall–Kier alpha value is -5.08. The fourth-order valence-electron chi connectivity index (χ4n) is 4.39. The normalized spacial score (nSPS) is 11.2. The third-order valence-corrected chi connectivity index (χ3v) is 6.45. The standard InChI is InChI=1S/C36H26O2/c37-25-29-15-11-27(12-16-29)19-21-33-24-36(32-9-5-2-6-10-32)34(23-35(33)31-7-3-1-4-8-31)22-20-28-13-17-30(26-38)18-14-28/h1-26H. The van der Waals surface area contributed by atoms with Crippen molar-refractivity contribution in [3.63, 3.8) is 0 Å². The van der Waals surface area contributed by atoms with Crippen LogP contribution in [0.25, 0.3) is 46.6 Å². The van der Waals surface area contributed by atoms with Gasteiger partial charge in [0, 0.05) is 11.1 Å². The molecule has 2 nitrogen and oxygen atoms in total. The highest BCUT2D eigenvalue weighted by Crippen LogP contribution is 2.35. The van der Waals surface area contributed by atoms with Gasteiger partial charge in [0.2, 0.25) is 0 Å². The van der Waals surface area contributed by atoms with Crippen molar-refractivity contribution in [2.45, 2.75) is 0 Å². The number of carbonyl (C=O) groups excluding carboxylic acids is 2. The zero-order valence-corrected chi connectivity index (χ0v) is 20.8. The van der Waals surface area contributed by atoms with E-state index in [1.165, 1.54) is 0 Å². The molecule has 0 fully saturated rings. The number of benzene rings is 5. The third-order valence-electron chi connectivity index (χ3n) is 6.45. The van der Waals surface area contributed by atoms with Crippen LogP contribution >= 0.6 is 0 Å². The molecule has 0 aliphatic rings. The van der Waals surface area contributed by atoms with Gasteiger partial charge in [-0.3, -0.25) is 9.59 Å². The summed E-state index contributed by atoms with van der Waals surface area (Å²) in [5.74, 6) is 0. The first-order valence-electron chi connectivity index (χ1n) is 12.5. The van der Waals surface area contributed by atoms with E-state index in [1.54, 1.807) is 0 Å². The molecule has 5 aromatic rings. The van der Waals surface area contributed by atoms with Crippen LogP contribution in [-0.4, -0.2) is 12.6 Å². The Bertz CT molecular complexity index is 1470. The van der Waals surface area contributed by atoms with Gasteiger partial charge < -0.3 is 0 Å². The van der Waals surface area contributed by atoms with Gasteiger partial charge in [-0.2, -0.15) is 0 Å². The average molecular weight is 491 g/mol. The Morgan fingerprint density at radius 3 is 1.05 bits per heavy atom. The Morgan fingerprint density at radius 2 is 0.711 bits per heavy atom. The van der Waals surface area contributed by atoms with E-state index in [-0.39, 0.29) is 0 Å². The summed E-state index contributed by atoms with van der Waals surface area (Å²) in [6.07, 6.45) is 10.1. The lowest BCUT2D eigenvalue weighted by atomic mass is 9.90. The summed E-state index contributed by atoms with van der Waals surface area (Å²) in [7, 11) is 0. The highest BCUT2D eigenvalue weighted by Gasteiger charge is 2.11. The van der Waals surface area contributed by atoms with E-state index in [0.29, 0.717) is 11.1 Å². The van der Waals surface area contributed by atoms with E-state index in [2.05, 4.69) is 85.0 Å². The van der Waals surface area contributed by atoms with Crippen molar-refractivity contribution in [3.8, 4) is 22.3 Å². The van der Waals surface area contributed by atoms with Gasteiger partial charge in [0.1, 0.15) is 12.6 Å². The van der Waals surface area contributed by atoms with Gasteiger partial charge in [-0.1, -0.05) is 133 Å². The molecule has 0 aliphatic heterocycles. The molecule has 0 radical (unpaired) electrons. The topological polar surface area (TPSA) is 34.1 Å². The number of carbonyl (C=O) groups is 2. The van der Waals surface area contributed by atoms with E-state index in [9.17, 15) is 9.59 Å². The Labute approximate surface area is 223 Å². The maximum absolute atomic E-state index is 11.0. The Balaban J connectivity index is 1.64. The van der Waals surface area contributed by atoms with Crippen molar-refractivity contribution in [1.29, 1.82) is 0 Å². The molecule has 0 saturated heterocycles. The van der Waals surface area contributed by atoms with E-state index < -0.39 is 0 Å². The highest BCUT2D eigenvalue weighted by atomic mass is 16.1. The molecule has 0 bridgehead atoms. The van der Waals surface area contributed by atoms with Gasteiger partial charge in [-0.25, -0.2) is 0 Å². The van der Waals surface area contributed by atoms with Crippen LogP contribution in [0.3, 0.4) is 0 Å². The van der Waals surface area contributed by atoms with Gasteiger partial charge >= 0.3 is 0 Å². The molecule has 0 heterocycles. The number of hydrogen-bond donors (Lipinski definition) is 0. The van der Waals surface area contributed by atoms with E-state index >= 15 is 0 Å². The van der Waals surface area contributed by atoms with Crippen molar-refractivity contribution in [2.24, 2.45) is 0 Å². The van der Waals surface area contributed by atoms with Gasteiger partial charge in [0.25, 0.3) is 0 Å². The first-order chi connectivity index (χ1) is 18.7. The van der Waals surface area contributed by atoms with Crippen LogP contribution in [0.15, 0.2) is 121 Å². The van der Waals surface area contributed by atoms with Crippen molar-refractivity contribution >= 4 is 36.9 Å². The molecule has 5 aromatic carbocycles. The van der Waals surface area contributed by atoms with Crippen LogP contribution in [0.4, 0.5) is 0 Å². The quantitative estimate of drug-likeness (QED) is 0.161. The molecule has 0 unspecified atom stereocenters. The lowest BCUT2D eigenvalue weighted by Gasteiger charge is -2.14. The van der Waals surface area contributed by atoms with Crippen LogP contribution in [0.5, 0.6) is 0 Å². The number of hydrogen-bond acceptors (Lipinski definition) is 2. The van der Waals surface area contributed by atoms with Gasteiger partial charge in [0.05, 0.1) is 0 Å². The number of aldehydes is 2. The van der Waals surface area contributed by atoms with E-state index in [0.717, 1.165) is 57.1 Å². The van der Waals surface area contributed by atoms with Crippen LogP contribution in [-0.2, 0) is 0 Å². The van der Waals surface area contributed by atoms with Crippen molar-refractivity contribution in [1.82, 2.24) is 0 Å². The molecule has 0 amide bonds. The monoisotopic (exact) mass is 490 g/mol. The van der Waals surface area contributed by atoms with Gasteiger partial charge in [-0.15, -0.1) is 0 Å². The molecule has 2 heteroatoms. The van der Waals surface area contributed by atoms with Gasteiger partial charge in [-0.05, 0) is 56.6 Å².